The first-order chi connectivity index (χ1) is 20.5. The van der Waals surface area contributed by atoms with Gasteiger partial charge in [-0.05, 0) is 48.4 Å². The van der Waals surface area contributed by atoms with E-state index in [9.17, 15) is 29.1 Å². The van der Waals surface area contributed by atoms with E-state index in [4.69, 9.17) is 11.5 Å². The van der Waals surface area contributed by atoms with Crippen LogP contribution in [0, 0.1) is 5.92 Å². The zero-order chi connectivity index (χ0) is 31.5. The highest BCUT2D eigenvalue weighted by molar-refractivity contribution is 5.96. The lowest BCUT2D eigenvalue weighted by Gasteiger charge is -2.31. The Labute approximate surface area is 251 Å². The molecule has 0 spiro atoms. The minimum absolute atomic E-state index is 0.0625. The number of rotatable bonds is 14. The molecule has 5 amide bonds. The maximum atomic E-state index is 13.9. The van der Waals surface area contributed by atoms with Crippen LogP contribution in [-0.2, 0) is 36.8 Å². The van der Waals surface area contributed by atoms with Gasteiger partial charge in [-0.1, -0.05) is 62.7 Å². The van der Waals surface area contributed by atoms with Crippen LogP contribution in [0.4, 0.5) is 0 Å². The highest BCUT2D eigenvalue weighted by Gasteiger charge is 2.39. The summed E-state index contributed by atoms with van der Waals surface area (Å²) in [6.45, 7) is 3.60. The van der Waals surface area contributed by atoms with E-state index in [-0.39, 0.29) is 37.6 Å². The van der Waals surface area contributed by atoms with Gasteiger partial charge in [0.05, 0.1) is 12.6 Å². The van der Waals surface area contributed by atoms with Gasteiger partial charge in [-0.15, -0.1) is 0 Å². The topological polar surface area (TPSA) is 197 Å². The number of carbonyl (C=O) groups excluding carboxylic acids is 5. The van der Waals surface area contributed by atoms with Crippen LogP contribution in [0.15, 0.2) is 54.6 Å². The Balaban J connectivity index is 1.78. The number of benzene rings is 2. The summed E-state index contributed by atoms with van der Waals surface area (Å²) in [5.74, 6) is -2.90. The fraction of sp³-hybridized carbons (Fsp3) is 0.452. The highest BCUT2D eigenvalue weighted by atomic mass is 16.3. The summed E-state index contributed by atoms with van der Waals surface area (Å²) in [6.07, 6.45) is 1.89. The fourth-order valence-electron chi connectivity index (χ4n) is 5.05. The third-order valence-electron chi connectivity index (χ3n) is 7.69. The molecular weight excluding hydrogens is 552 g/mol. The van der Waals surface area contributed by atoms with E-state index in [1.807, 2.05) is 37.3 Å². The van der Waals surface area contributed by atoms with Crippen molar-refractivity contribution in [2.24, 2.45) is 17.4 Å². The molecule has 1 aliphatic heterocycles. The lowest BCUT2D eigenvalue weighted by Crippen LogP contribution is -2.59. The Bertz CT molecular complexity index is 1270. The van der Waals surface area contributed by atoms with Crippen molar-refractivity contribution < 1.29 is 29.1 Å². The SMILES string of the molecule is CCC(C)C(NC(=O)C1CCCN1C(=O)C(Cc1ccc(O)cc1)NC(=O)C(N)Cc1ccccc1)C(=O)NCC(N)=O. The van der Waals surface area contributed by atoms with Crippen molar-refractivity contribution in [1.29, 1.82) is 0 Å². The van der Waals surface area contributed by atoms with Gasteiger partial charge in [-0.25, -0.2) is 0 Å². The van der Waals surface area contributed by atoms with Crippen LogP contribution in [0.3, 0.4) is 0 Å². The number of nitrogens with zero attached hydrogens (tertiary/aromatic N) is 1. The summed E-state index contributed by atoms with van der Waals surface area (Å²) >= 11 is 0. The van der Waals surface area contributed by atoms with Gasteiger partial charge in [0.2, 0.25) is 29.5 Å². The number of phenols is 1. The molecule has 1 saturated heterocycles. The second-order valence-electron chi connectivity index (χ2n) is 11.0. The van der Waals surface area contributed by atoms with Crippen LogP contribution in [0.25, 0.3) is 0 Å². The highest BCUT2D eigenvalue weighted by Crippen LogP contribution is 2.21. The molecule has 1 fully saturated rings. The normalized spacial score (nSPS) is 17.3. The molecule has 0 saturated carbocycles. The Kier molecular flexibility index (Phi) is 12.1. The van der Waals surface area contributed by atoms with Crippen molar-refractivity contribution in [3.8, 4) is 5.75 Å². The molecule has 1 heterocycles. The predicted octanol–water partition coefficient (Wildman–Crippen LogP) is 0.113. The van der Waals surface area contributed by atoms with Crippen molar-refractivity contribution in [3.05, 3.63) is 65.7 Å². The molecular formula is C31H42N6O6. The van der Waals surface area contributed by atoms with Crippen LogP contribution >= 0.6 is 0 Å². The van der Waals surface area contributed by atoms with Crippen LogP contribution in [0.2, 0.25) is 0 Å². The molecule has 8 N–H and O–H groups in total. The van der Waals surface area contributed by atoms with E-state index < -0.39 is 53.7 Å². The summed E-state index contributed by atoms with van der Waals surface area (Å²) in [5.41, 5.74) is 12.9. The van der Waals surface area contributed by atoms with Gasteiger partial charge in [0.1, 0.15) is 23.9 Å². The lowest BCUT2D eigenvalue weighted by molar-refractivity contribution is -0.142. The van der Waals surface area contributed by atoms with Gasteiger partial charge in [-0.3, -0.25) is 24.0 Å². The first-order valence-corrected chi connectivity index (χ1v) is 14.5. The summed E-state index contributed by atoms with van der Waals surface area (Å²) in [4.78, 5) is 66.0. The summed E-state index contributed by atoms with van der Waals surface area (Å²) in [7, 11) is 0. The van der Waals surface area contributed by atoms with E-state index in [1.54, 1.807) is 19.1 Å². The predicted molar refractivity (Wildman–Crippen MR) is 160 cm³/mol. The number of aromatic hydroxyl groups is 1. The van der Waals surface area contributed by atoms with Crippen LogP contribution in [0.5, 0.6) is 5.75 Å². The molecule has 0 radical (unpaired) electrons. The second-order valence-corrected chi connectivity index (χ2v) is 11.0. The number of primary amides is 1. The van der Waals surface area contributed by atoms with Crippen molar-refractivity contribution in [2.45, 2.75) is 70.1 Å². The first-order valence-electron chi connectivity index (χ1n) is 14.5. The molecule has 0 aromatic heterocycles. The van der Waals surface area contributed by atoms with Crippen molar-refractivity contribution in [3.63, 3.8) is 0 Å². The molecule has 232 valence electrons. The maximum Gasteiger partial charge on any atom is 0.246 e. The van der Waals surface area contributed by atoms with Crippen molar-refractivity contribution in [1.82, 2.24) is 20.9 Å². The molecule has 5 unspecified atom stereocenters. The summed E-state index contributed by atoms with van der Waals surface area (Å²) < 4.78 is 0. The Morgan fingerprint density at radius 2 is 1.60 bits per heavy atom. The first kappa shape index (κ1) is 33.1. The second kappa shape index (κ2) is 15.7. The van der Waals surface area contributed by atoms with E-state index in [0.717, 1.165) is 5.56 Å². The number of phenolic OH excluding ortho intramolecular Hbond substituents is 1. The van der Waals surface area contributed by atoms with Crippen molar-refractivity contribution >= 4 is 29.5 Å². The van der Waals surface area contributed by atoms with Gasteiger partial charge >= 0.3 is 0 Å². The molecule has 0 bridgehead atoms. The Hall–Kier alpha value is -4.45. The fourth-order valence-corrected chi connectivity index (χ4v) is 5.05. The van der Waals surface area contributed by atoms with Crippen LogP contribution in [0.1, 0.15) is 44.2 Å². The summed E-state index contributed by atoms with van der Waals surface area (Å²) in [6, 6.07) is 11.8. The van der Waals surface area contributed by atoms with Gasteiger partial charge < -0.3 is 37.4 Å². The Morgan fingerprint density at radius 3 is 2.23 bits per heavy atom. The molecule has 3 rings (SSSR count). The monoisotopic (exact) mass is 594 g/mol. The quantitative estimate of drug-likeness (QED) is 0.178. The smallest absolute Gasteiger partial charge is 0.246 e. The number of amides is 5. The van der Waals surface area contributed by atoms with E-state index in [2.05, 4.69) is 16.0 Å². The molecule has 2 aromatic rings. The van der Waals surface area contributed by atoms with Crippen LogP contribution in [-0.4, -0.2) is 76.8 Å². The minimum atomic E-state index is -1.03. The number of nitrogens with two attached hydrogens (primary N) is 2. The number of hydrogen-bond donors (Lipinski definition) is 6. The zero-order valence-corrected chi connectivity index (χ0v) is 24.6. The standard InChI is InChI=1S/C31H42N6O6/c1-3-19(2)27(30(42)34-18-26(33)39)36-29(41)25-10-7-15-37(25)31(43)24(17-21-11-13-22(38)14-12-21)35-28(40)23(32)16-20-8-5-4-6-9-20/h4-6,8-9,11-14,19,23-25,27,38H,3,7,10,15-18,32H2,1-2H3,(H2,33,39)(H,34,42)(H,35,40)(H,36,41). The van der Waals surface area contributed by atoms with E-state index >= 15 is 0 Å². The van der Waals surface area contributed by atoms with Gasteiger partial charge in [-0.2, -0.15) is 0 Å². The maximum absolute atomic E-state index is 13.9. The van der Waals surface area contributed by atoms with Gasteiger partial charge in [0, 0.05) is 13.0 Å². The van der Waals surface area contributed by atoms with Crippen LogP contribution < -0.4 is 27.4 Å². The lowest BCUT2D eigenvalue weighted by atomic mass is 9.97. The Morgan fingerprint density at radius 1 is 0.953 bits per heavy atom. The largest absolute Gasteiger partial charge is 0.508 e. The van der Waals surface area contributed by atoms with Gasteiger partial charge in [0.25, 0.3) is 0 Å². The summed E-state index contributed by atoms with van der Waals surface area (Å²) in [5, 5.41) is 17.7. The number of likely N-dealkylation sites (tertiary alicyclic amines) is 1. The number of carbonyl (C=O) groups is 5. The zero-order valence-electron chi connectivity index (χ0n) is 24.6. The van der Waals surface area contributed by atoms with E-state index in [0.29, 0.717) is 24.8 Å². The molecule has 1 aliphatic rings. The number of nitrogens with one attached hydrogen (secondary N) is 3. The minimum Gasteiger partial charge on any atom is -0.508 e. The molecule has 0 aliphatic carbocycles. The third-order valence-corrected chi connectivity index (χ3v) is 7.69. The molecule has 2 aromatic carbocycles. The molecule has 5 atom stereocenters. The molecule has 43 heavy (non-hydrogen) atoms. The average Bonchev–Trinajstić information content (AvgIpc) is 3.49. The molecule has 12 heteroatoms. The van der Waals surface area contributed by atoms with Crippen molar-refractivity contribution in [2.75, 3.05) is 13.1 Å². The van der Waals surface area contributed by atoms with E-state index in [1.165, 1.54) is 17.0 Å². The third kappa shape index (κ3) is 9.53. The average molecular weight is 595 g/mol. The van der Waals surface area contributed by atoms with Gasteiger partial charge in [0.15, 0.2) is 0 Å². The number of hydrogen-bond acceptors (Lipinski definition) is 7. The molecule has 12 nitrogen and oxygen atoms in total.